The Morgan fingerprint density at radius 2 is 2.00 bits per heavy atom. The smallest absolute Gasteiger partial charge is 0.410 e. The third kappa shape index (κ3) is 7.94. The SMILES string of the molecule is CC(C)N(CC1CCCN(CC(=O)NCc2ccccc2F)C1)C(=O)OC(C)(C)C. The van der Waals surface area contributed by atoms with Crippen LogP contribution >= 0.6 is 0 Å². The number of amides is 2. The summed E-state index contributed by atoms with van der Waals surface area (Å²) in [6.07, 6.45) is 1.70. The van der Waals surface area contributed by atoms with Crippen LogP contribution in [-0.2, 0) is 16.1 Å². The van der Waals surface area contributed by atoms with Crippen molar-refractivity contribution in [1.82, 2.24) is 15.1 Å². The molecule has 0 radical (unpaired) electrons. The predicted octanol–water partition coefficient (Wildman–Crippen LogP) is 3.80. The minimum absolute atomic E-state index is 0.0410. The lowest BCUT2D eigenvalue weighted by Crippen LogP contribution is -2.48. The van der Waals surface area contributed by atoms with Crippen LogP contribution in [0, 0.1) is 11.7 Å². The third-order valence-electron chi connectivity index (χ3n) is 5.11. The lowest BCUT2D eigenvalue weighted by Gasteiger charge is -2.37. The van der Waals surface area contributed by atoms with Crippen molar-refractivity contribution >= 4 is 12.0 Å². The van der Waals surface area contributed by atoms with Gasteiger partial charge < -0.3 is 15.0 Å². The number of carbonyl (C=O) groups excluding carboxylic acids is 2. The molecule has 2 rings (SSSR count). The quantitative estimate of drug-likeness (QED) is 0.727. The fourth-order valence-electron chi connectivity index (χ4n) is 3.63. The van der Waals surface area contributed by atoms with Gasteiger partial charge in [0.05, 0.1) is 6.54 Å². The zero-order valence-electron chi connectivity index (χ0n) is 18.9. The van der Waals surface area contributed by atoms with E-state index in [1.165, 1.54) is 6.07 Å². The number of piperidine rings is 1. The second-order valence-corrected chi connectivity index (χ2v) is 9.34. The molecule has 0 spiro atoms. The zero-order chi connectivity index (χ0) is 22.3. The van der Waals surface area contributed by atoms with E-state index < -0.39 is 5.60 Å². The number of rotatable bonds is 7. The Kier molecular flexibility index (Phi) is 8.65. The van der Waals surface area contributed by atoms with Crippen LogP contribution in [0.5, 0.6) is 0 Å². The Labute approximate surface area is 179 Å². The van der Waals surface area contributed by atoms with Gasteiger partial charge in [0.2, 0.25) is 5.91 Å². The number of hydrogen-bond donors (Lipinski definition) is 1. The minimum Gasteiger partial charge on any atom is -0.444 e. The van der Waals surface area contributed by atoms with E-state index in [2.05, 4.69) is 10.2 Å². The Morgan fingerprint density at radius 3 is 2.63 bits per heavy atom. The predicted molar refractivity (Wildman–Crippen MR) is 115 cm³/mol. The monoisotopic (exact) mass is 421 g/mol. The highest BCUT2D eigenvalue weighted by atomic mass is 19.1. The van der Waals surface area contributed by atoms with Gasteiger partial charge >= 0.3 is 6.09 Å². The largest absolute Gasteiger partial charge is 0.444 e. The van der Waals surface area contributed by atoms with Gasteiger partial charge in [0.25, 0.3) is 0 Å². The molecule has 1 aliphatic heterocycles. The van der Waals surface area contributed by atoms with Gasteiger partial charge in [-0.3, -0.25) is 9.69 Å². The average Bonchev–Trinajstić information content (AvgIpc) is 2.64. The van der Waals surface area contributed by atoms with Crippen LogP contribution in [0.25, 0.3) is 0 Å². The molecule has 1 aromatic rings. The third-order valence-corrected chi connectivity index (χ3v) is 5.11. The fraction of sp³-hybridized carbons (Fsp3) is 0.652. The highest BCUT2D eigenvalue weighted by Gasteiger charge is 2.29. The molecule has 1 aromatic carbocycles. The highest BCUT2D eigenvalue weighted by Crippen LogP contribution is 2.20. The molecule has 168 valence electrons. The van der Waals surface area contributed by atoms with E-state index in [1.807, 2.05) is 34.6 Å². The van der Waals surface area contributed by atoms with Crippen molar-refractivity contribution < 1.29 is 18.7 Å². The number of benzene rings is 1. The molecule has 0 aliphatic carbocycles. The van der Waals surface area contributed by atoms with Crippen LogP contribution < -0.4 is 5.32 Å². The fourth-order valence-corrected chi connectivity index (χ4v) is 3.63. The zero-order valence-corrected chi connectivity index (χ0v) is 18.9. The van der Waals surface area contributed by atoms with Crippen LogP contribution in [0.2, 0.25) is 0 Å². The molecule has 1 aliphatic rings. The lowest BCUT2D eigenvalue weighted by molar-refractivity contribution is -0.122. The molecule has 1 fully saturated rings. The number of carbonyl (C=O) groups is 2. The Morgan fingerprint density at radius 1 is 1.30 bits per heavy atom. The molecule has 0 bridgehead atoms. The first kappa shape index (κ1) is 24.1. The average molecular weight is 422 g/mol. The molecular formula is C23H36FN3O3. The van der Waals surface area contributed by atoms with Crippen molar-refractivity contribution in [3.8, 4) is 0 Å². The van der Waals surface area contributed by atoms with E-state index in [-0.39, 0.29) is 42.9 Å². The van der Waals surface area contributed by atoms with E-state index in [0.717, 1.165) is 25.9 Å². The van der Waals surface area contributed by atoms with E-state index in [0.29, 0.717) is 12.1 Å². The summed E-state index contributed by atoms with van der Waals surface area (Å²) < 4.78 is 19.3. The van der Waals surface area contributed by atoms with Gasteiger partial charge in [-0.05, 0) is 66.0 Å². The number of likely N-dealkylation sites (tertiary alicyclic amines) is 1. The van der Waals surface area contributed by atoms with E-state index in [9.17, 15) is 14.0 Å². The molecule has 6 nitrogen and oxygen atoms in total. The molecule has 1 unspecified atom stereocenters. The topological polar surface area (TPSA) is 61.9 Å². The van der Waals surface area contributed by atoms with Gasteiger partial charge in [-0.2, -0.15) is 0 Å². The van der Waals surface area contributed by atoms with Gasteiger partial charge in [0.15, 0.2) is 0 Å². The van der Waals surface area contributed by atoms with Crippen molar-refractivity contribution in [1.29, 1.82) is 0 Å². The molecule has 1 atom stereocenters. The summed E-state index contributed by atoms with van der Waals surface area (Å²) in [6, 6.07) is 6.49. The van der Waals surface area contributed by atoms with Crippen molar-refractivity contribution in [2.75, 3.05) is 26.2 Å². The number of halogens is 1. The first-order chi connectivity index (χ1) is 14.0. The summed E-state index contributed by atoms with van der Waals surface area (Å²) >= 11 is 0. The molecule has 1 heterocycles. The van der Waals surface area contributed by atoms with Gasteiger partial charge in [-0.1, -0.05) is 18.2 Å². The highest BCUT2D eigenvalue weighted by molar-refractivity contribution is 5.78. The summed E-state index contributed by atoms with van der Waals surface area (Å²) in [6.45, 7) is 12.2. The Balaban J connectivity index is 1.85. The van der Waals surface area contributed by atoms with Gasteiger partial charge in [0.1, 0.15) is 11.4 Å². The maximum Gasteiger partial charge on any atom is 0.410 e. The first-order valence-electron chi connectivity index (χ1n) is 10.8. The summed E-state index contributed by atoms with van der Waals surface area (Å²) in [5.74, 6) is -0.147. The van der Waals surface area contributed by atoms with E-state index in [4.69, 9.17) is 4.74 Å². The Hall–Kier alpha value is -2.15. The van der Waals surface area contributed by atoms with Crippen molar-refractivity contribution in [2.24, 2.45) is 5.92 Å². The van der Waals surface area contributed by atoms with Crippen LogP contribution in [0.15, 0.2) is 24.3 Å². The normalized spacial score (nSPS) is 17.6. The second kappa shape index (κ2) is 10.8. The standard InChI is InChI=1S/C23H36FN3O3/c1-17(2)27(22(29)30-23(3,4)5)15-18-9-8-12-26(14-18)16-21(28)25-13-19-10-6-7-11-20(19)24/h6-7,10-11,17-18H,8-9,12-16H2,1-5H3,(H,25,28). The van der Waals surface area contributed by atoms with E-state index >= 15 is 0 Å². The first-order valence-corrected chi connectivity index (χ1v) is 10.8. The molecule has 1 saturated heterocycles. The van der Waals surface area contributed by atoms with Crippen molar-refractivity contribution in [3.05, 3.63) is 35.6 Å². The number of ether oxygens (including phenoxy) is 1. The summed E-state index contributed by atoms with van der Waals surface area (Å²) in [4.78, 5) is 28.8. The van der Waals surface area contributed by atoms with Crippen LogP contribution in [0.1, 0.15) is 53.0 Å². The molecule has 0 saturated carbocycles. The molecule has 0 aromatic heterocycles. The summed E-state index contributed by atoms with van der Waals surface area (Å²) in [5.41, 5.74) is -0.0496. The minimum atomic E-state index is -0.529. The number of nitrogens with zero attached hydrogens (tertiary/aromatic N) is 2. The molecule has 2 amide bonds. The van der Waals surface area contributed by atoms with Crippen molar-refractivity contribution in [3.63, 3.8) is 0 Å². The molecule has 30 heavy (non-hydrogen) atoms. The van der Waals surface area contributed by atoms with Crippen LogP contribution in [0.4, 0.5) is 9.18 Å². The van der Waals surface area contributed by atoms with Crippen molar-refractivity contribution in [2.45, 2.75) is 65.6 Å². The second-order valence-electron chi connectivity index (χ2n) is 9.34. The molecular weight excluding hydrogens is 385 g/mol. The van der Waals surface area contributed by atoms with Gasteiger partial charge in [-0.15, -0.1) is 0 Å². The number of nitrogens with one attached hydrogen (secondary N) is 1. The maximum absolute atomic E-state index is 13.7. The Bertz CT molecular complexity index is 718. The van der Waals surface area contributed by atoms with Gasteiger partial charge in [-0.25, -0.2) is 9.18 Å². The summed E-state index contributed by atoms with van der Waals surface area (Å²) in [7, 11) is 0. The molecule has 7 heteroatoms. The van der Waals surface area contributed by atoms with Gasteiger partial charge in [0, 0.05) is 31.2 Å². The van der Waals surface area contributed by atoms with E-state index in [1.54, 1.807) is 23.1 Å². The maximum atomic E-state index is 13.7. The summed E-state index contributed by atoms with van der Waals surface area (Å²) in [5, 5.41) is 2.80. The molecule has 1 N–H and O–H groups in total. The van der Waals surface area contributed by atoms with Crippen LogP contribution in [-0.4, -0.2) is 59.6 Å². The number of hydrogen-bond acceptors (Lipinski definition) is 4. The van der Waals surface area contributed by atoms with Crippen LogP contribution in [0.3, 0.4) is 0 Å². The lowest BCUT2D eigenvalue weighted by atomic mass is 9.97.